The van der Waals surface area contributed by atoms with Gasteiger partial charge in [-0.3, -0.25) is 0 Å². The average molecular weight is 461 g/mol. The fraction of sp³-hybridized carbons (Fsp3) is 0.750. The Kier molecular flexibility index (Phi) is 6.50. The minimum absolute atomic E-state index is 0.00491. The SMILES string of the molecule is OC[C@H]1O[C@@H](n2cc(-c3nnc([C@@H]4O[C@H](CO)[C@@H](O)[C@H](O)[C@H]4O)o3)nn2)[C@H](O)[C@@H](O)[C@@H]1O. The van der Waals surface area contributed by atoms with Gasteiger partial charge in [0, 0.05) is 0 Å². The summed E-state index contributed by atoms with van der Waals surface area (Å²) in [7, 11) is 0. The lowest BCUT2D eigenvalue weighted by Crippen LogP contribution is -2.56. The molecular formula is C16H23N5O11. The van der Waals surface area contributed by atoms with Gasteiger partial charge in [0.05, 0.1) is 19.4 Å². The van der Waals surface area contributed by atoms with Crippen molar-refractivity contribution >= 4 is 0 Å². The fourth-order valence-corrected chi connectivity index (χ4v) is 3.56. The summed E-state index contributed by atoms with van der Waals surface area (Å²) in [5, 5.41) is 93.6. The molecule has 0 spiro atoms. The Balaban J connectivity index is 1.54. The van der Waals surface area contributed by atoms with Crippen LogP contribution in [0.15, 0.2) is 10.6 Å². The zero-order chi connectivity index (χ0) is 23.2. The van der Waals surface area contributed by atoms with Crippen molar-refractivity contribution in [2.75, 3.05) is 13.2 Å². The zero-order valence-electron chi connectivity index (χ0n) is 16.3. The van der Waals surface area contributed by atoms with Crippen LogP contribution in [0.1, 0.15) is 18.2 Å². The summed E-state index contributed by atoms with van der Waals surface area (Å²) in [6.45, 7) is -1.25. The molecular weight excluding hydrogens is 438 g/mol. The summed E-state index contributed by atoms with van der Waals surface area (Å²) in [6, 6.07) is 0. The molecule has 0 bridgehead atoms. The van der Waals surface area contributed by atoms with Crippen LogP contribution in [0.3, 0.4) is 0 Å². The lowest BCUT2D eigenvalue weighted by Gasteiger charge is -2.39. The second-order valence-electron chi connectivity index (χ2n) is 7.50. The first-order valence-corrected chi connectivity index (χ1v) is 9.63. The largest absolute Gasteiger partial charge is 0.416 e. The highest BCUT2D eigenvalue weighted by molar-refractivity contribution is 5.43. The van der Waals surface area contributed by atoms with E-state index in [4.69, 9.17) is 13.9 Å². The number of aromatic nitrogens is 5. The van der Waals surface area contributed by atoms with Crippen LogP contribution in [0.5, 0.6) is 0 Å². The molecule has 10 atom stereocenters. The summed E-state index contributed by atoms with van der Waals surface area (Å²) in [5.74, 6) is -0.452. The van der Waals surface area contributed by atoms with Crippen LogP contribution in [0.4, 0.5) is 0 Å². The molecule has 0 amide bonds. The van der Waals surface area contributed by atoms with Gasteiger partial charge >= 0.3 is 0 Å². The Hall–Kier alpha value is -2.12. The van der Waals surface area contributed by atoms with E-state index in [9.17, 15) is 40.9 Å². The molecule has 0 aliphatic carbocycles. The number of ether oxygens (including phenoxy) is 2. The van der Waals surface area contributed by atoms with E-state index in [1.807, 2.05) is 0 Å². The zero-order valence-corrected chi connectivity index (χ0v) is 16.3. The summed E-state index contributed by atoms with van der Waals surface area (Å²) >= 11 is 0. The molecule has 0 saturated carbocycles. The molecule has 2 fully saturated rings. The third-order valence-electron chi connectivity index (χ3n) is 5.43. The first-order chi connectivity index (χ1) is 15.3. The number of rotatable bonds is 5. The Morgan fingerprint density at radius 1 is 0.750 bits per heavy atom. The van der Waals surface area contributed by atoms with E-state index in [1.165, 1.54) is 6.20 Å². The van der Waals surface area contributed by atoms with Gasteiger partial charge in [0.1, 0.15) is 48.8 Å². The van der Waals surface area contributed by atoms with E-state index in [2.05, 4.69) is 20.5 Å². The van der Waals surface area contributed by atoms with Crippen molar-refractivity contribution in [1.82, 2.24) is 25.2 Å². The third kappa shape index (κ3) is 3.90. The van der Waals surface area contributed by atoms with Crippen LogP contribution in [0, 0.1) is 0 Å². The fourth-order valence-electron chi connectivity index (χ4n) is 3.56. The normalized spacial score (nSPS) is 40.5. The highest BCUT2D eigenvalue weighted by Gasteiger charge is 2.47. The maximum atomic E-state index is 10.2. The van der Waals surface area contributed by atoms with Gasteiger partial charge in [0.2, 0.25) is 5.89 Å². The van der Waals surface area contributed by atoms with E-state index in [-0.39, 0.29) is 17.5 Å². The molecule has 2 aromatic heterocycles. The van der Waals surface area contributed by atoms with Gasteiger partial charge in [0.15, 0.2) is 18.0 Å². The van der Waals surface area contributed by atoms with Crippen LogP contribution in [-0.4, -0.2) is 128 Å². The second-order valence-corrected chi connectivity index (χ2v) is 7.50. The number of hydrogen-bond acceptors (Lipinski definition) is 15. The van der Waals surface area contributed by atoms with Crippen molar-refractivity contribution in [1.29, 1.82) is 0 Å². The molecule has 2 saturated heterocycles. The van der Waals surface area contributed by atoms with Crippen LogP contribution in [0.2, 0.25) is 0 Å². The Morgan fingerprint density at radius 2 is 1.38 bits per heavy atom. The maximum Gasteiger partial charge on any atom is 0.269 e. The molecule has 4 rings (SSSR count). The van der Waals surface area contributed by atoms with Crippen molar-refractivity contribution in [2.24, 2.45) is 0 Å². The van der Waals surface area contributed by atoms with Crippen molar-refractivity contribution < 1.29 is 54.7 Å². The number of aliphatic hydroxyl groups excluding tert-OH is 8. The Bertz CT molecular complexity index is 834. The number of hydrogen-bond donors (Lipinski definition) is 8. The molecule has 8 N–H and O–H groups in total. The number of aliphatic hydroxyl groups is 8. The van der Waals surface area contributed by atoms with Gasteiger partial charge in [-0.25, -0.2) is 4.68 Å². The molecule has 0 unspecified atom stereocenters. The Labute approximate surface area is 178 Å². The van der Waals surface area contributed by atoms with Gasteiger partial charge in [0.25, 0.3) is 5.89 Å². The van der Waals surface area contributed by atoms with E-state index in [1.54, 1.807) is 0 Å². The molecule has 0 aromatic carbocycles. The van der Waals surface area contributed by atoms with Gasteiger partial charge < -0.3 is 54.7 Å². The van der Waals surface area contributed by atoms with E-state index < -0.39 is 74.4 Å². The van der Waals surface area contributed by atoms with Crippen molar-refractivity contribution in [3.05, 3.63) is 12.1 Å². The van der Waals surface area contributed by atoms with Gasteiger partial charge in [-0.2, -0.15) is 0 Å². The van der Waals surface area contributed by atoms with E-state index in [0.717, 1.165) is 4.68 Å². The minimum atomic E-state index is -1.63. The molecule has 0 radical (unpaired) electrons. The molecule has 2 aromatic rings. The molecule has 178 valence electrons. The summed E-state index contributed by atoms with van der Waals surface area (Å²) in [4.78, 5) is 0. The minimum Gasteiger partial charge on any atom is -0.416 e. The van der Waals surface area contributed by atoms with Gasteiger partial charge in [-0.05, 0) is 0 Å². The van der Waals surface area contributed by atoms with Crippen LogP contribution < -0.4 is 0 Å². The van der Waals surface area contributed by atoms with Gasteiger partial charge in [-0.15, -0.1) is 15.3 Å². The molecule has 4 heterocycles. The second kappa shape index (κ2) is 9.02. The van der Waals surface area contributed by atoms with Gasteiger partial charge in [-0.1, -0.05) is 5.21 Å². The average Bonchev–Trinajstić information content (AvgIpc) is 3.46. The van der Waals surface area contributed by atoms with E-state index in [0.29, 0.717) is 0 Å². The topological polar surface area (TPSA) is 250 Å². The predicted molar refractivity (Wildman–Crippen MR) is 95.1 cm³/mol. The lowest BCUT2D eigenvalue weighted by atomic mass is 9.95. The lowest BCUT2D eigenvalue weighted by molar-refractivity contribution is -0.254. The quantitative estimate of drug-likeness (QED) is 0.207. The van der Waals surface area contributed by atoms with Crippen molar-refractivity contribution in [3.8, 4) is 11.6 Å². The highest BCUT2D eigenvalue weighted by Crippen LogP contribution is 2.33. The molecule has 2 aliphatic heterocycles. The first-order valence-electron chi connectivity index (χ1n) is 9.63. The van der Waals surface area contributed by atoms with Crippen LogP contribution >= 0.6 is 0 Å². The molecule has 16 nitrogen and oxygen atoms in total. The summed E-state index contributed by atoms with van der Waals surface area (Å²) in [5.41, 5.74) is 0.00491. The maximum absolute atomic E-state index is 10.2. The summed E-state index contributed by atoms with van der Waals surface area (Å²) in [6.07, 6.45) is -13.2. The highest BCUT2D eigenvalue weighted by atomic mass is 16.6. The third-order valence-corrected chi connectivity index (χ3v) is 5.43. The summed E-state index contributed by atoms with van der Waals surface area (Å²) < 4.78 is 17.2. The van der Waals surface area contributed by atoms with Crippen molar-refractivity contribution in [3.63, 3.8) is 0 Å². The van der Waals surface area contributed by atoms with E-state index >= 15 is 0 Å². The molecule has 2 aliphatic rings. The predicted octanol–water partition coefficient (Wildman–Crippen LogP) is -5.18. The monoisotopic (exact) mass is 461 g/mol. The van der Waals surface area contributed by atoms with Crippen LogP contribution in [-0.2, 0) is 9.47 Å². The Morgan fingerprint density at radius 3 is 2.03 bits per heavy atom. The van der Waals surface area contributed by atoms with Crippen LogP contribution in [0.25, 0.3) is 11.6 Å². The molecule has 32 heavy (non-hydrogen) atoms. The smallest absolute Gasteiger partial charge is 0.269 e. The van der Waals surface area contributed by atoms with Crippen molar-refractivity contribution in [2.45, 2.75) is 61.2 Å². The standard InChI is InChI=1S/C16H23N5O11/c22-2-5-7(24)9(26)11(28)13(30-5)15-19-18-14(32-15)4-1-21(20-17-4)16-12(29)10(27)8(25)6(3-23)31-16/h1,5-13,16,22-29H,2-3H2/t5-,6-,7-,8-,9+,10+,11-,12-,13-,16-/m1/s1. The molecule has 16 heteroatoms. The number of nitrogens with zero attached hydrogens (tertiary/aromatic N) is 5. The first kappa shape index (κ1) is 23.1.